The van der Waals surface area contributed by atoms with E-state index >= 15 is 0 Å². The van der Waals surface area contributed by atoms with Crippen LogP contribution in [0.4, 0.5) is 5.69 Å². The second kappa shape index (κ2) is 8.80. The Kier molecular flexibility index (Phi) is 6.19. The number of aryl methyl sites for hydroxylation is 1. The molecule has 0 aliphatic rings. The normalized spacial score (nSPS) is 11.1. The Morgan fingerprint density at radius 2 is 1.73 bits per heavy atom. The largest absolute Gasteiger partial charge is 0.478 e. The van der Waals surface area contributed by atoms with Crippen LogP contribution in [0.25, 0.3) is 11.8 Å². The number of halogens is 1. The van der Waals surface area contributed by atoms with Gasteiger partial charge in [0, 0.05) is 27.2 Å². The molecule has 6 nitrogen and oxygen atoms in total. The lowest BCUT2D eigenvalue weighted by molar-refractivity contribution is -0.112. The van der Waals surface area contributed by atoms with Gasteiger partial charge in [-0.1, -0.05) is 15.9 Å². The van der Waals surface area contributed by atoms with Gasteiger partial charge in [0.1, 0.15) is 11.6 Å². The van der Waals surface area contributed by atoms with Crippen molar-refractivity contribution in [1.82, 2.24) is 4.57 Å². The van der Waals surface area contributed by atoms with Gasteiger partial charge < -0.3 is 15.0 Å². The molecule has 0 bridgehead atoms. The van der Waals surface area contributed by atoms with E-state index in [1.807, 2.05) is 30.6 Å². The van der Waals surface area contributed by atoms with Crippen molar-refractivity contribution in [3.05, 3.63) is 87.2 Å². The topological polar surface area (TPSA) is 95.1 Å². The number of anilines is 1. The molecule has 3 aromatic rings. The summed E-state index contributed by atoms with van der Waals surface area (Å²) in [6.07, 6.45) is 1.55. The lowest BCUT2D eigenvalue weighted by Gasteiger charge is -2.10. The molecule has 0 unspecified atom stereocenters. The minimum atomic E-state index is -0.985. The fourth-order valence-corrected chi connectivity index (χ4v) is 3.38. The number of carboxylic acid groups (broad SMARTS) is 1. The Morgan fingerprint density at radius 1 is 1.10 bits per heavy atom. The molecule has 0 radical (unpaired) electrons. The van der Waals surface area contributed by atoms with Crippen molar-refractivity contribution in [2.75, 3.05) is 5.32 Å². The van der Waals surface area contributed by atoms with Gasteiger partial charge in [-0.25, -0.2) is 4.79 Å². The van der Waals surface area contributed by atoms with Gasteiger partial charge in [0.15, 0.2) is 0 Å². The number of aromatic nitrogens is 1. The lowest BCUT2D eigenvalue weighted by Crippen LogP contribution is -2.13. The molecular weight excluding hydrogens is 446 g/mol. The first-order chi connectivity index (χ1) is 14.3. The average Bonchev–Trinajstić information content (AvgIpc) is 3.00. The summed E-state index contributed by atoms with van der Waals surface area (Å²) in [5, 5.41) is 21.3. The van der Waals surface area contributed by atoms with Crippen molar-refractivity contribution in [3.63, 3.8) is 0 Å². The molecule has 0 atom stereocenters. The second-order valence-corrected chi connectivity index (χ2v) is 7.56. The number of carbonyl (C=O) groups is 2. The van der Waals surface area contributed by atoms with Crippen LogP contribution >= 0.6 is 15.9 Å². The smallest absolute Gasteiger partial charge is 0.335 e. The Hall–Kier alpha value is -3.63. The predicted molar refractivity (Wildman–Crippen MR) is 119 cm³/mol. The highest BCUT2D eigenvalue weighted by atomic mass is 79.9. The minimum absolute atomic E-state index is 0.0145. The number of carboxylic acids is 1. The summed E-state index contributed by atoms with van der Waals surface area (Å²) in [6.45, 7) is 3.79. The molecule has 3 rings (SSSR count). The fourth-order valence-electron chi connectivity index (χ4n) is 3.12. The number of carbonyl (C=O) groups excluding carboxylic acids is 1. The van der Waals surface area contributed by atoms with E-state index in [0.29, 0.717) is 5.69 Å². The molecule has 0 saturated heterocycles. The third-order valence-corrected chi connectivity index (χ3v) is 5.14. The fraction of sp³-hybridized carbons (Fsp3) is 0.0870. The number of nitrogens with zero attached hydrogens (tertiary/aromatic N) is 2. The molecule has 2 N–H and O–H groups in total. The zero-order chi connectivity index (χ0) is 21.8. The van der Waals surface area contributed by atoms with E-state index in [9.17, 15) is 14.9 Å². The van der Waals surface area contributed by atoms with E-state index in [1.165, 1.54) is 0 Å². The number of hydrogen-bond acceptors (Lipinski definition) is 3. The van der Waals surface area contributed by atoms with E-state index in [1.54, 1.807) is 54.6 Å². The van der Waals surface area contributed by atoms with E-state index in [0.717, 1.165) is 27.1 Å². The van der Waals surface area contributed by atoms with Crippen LogP contribution in [0.2, 0.25) is 0 Å². The molecule has 0 spiro atoms. The molecule has 30 heavy (non-hydrogen) atoms. The minimum Gasteiger partial charge on any atom is -0.478 e. The number of nitriles is 1. The van der Waals surface area contributed by atoms with Crippen molar-refractivity contribution in [2.45, 2.75) is 13.8 Å². The summed E-state index contributed by atoms with van der Waals surface area (Å²) in [5.41, 5.74) is 4.04. The van der Waals surface area contributed by atoms with Gasteiger partial charge in [-0.3, -0.25) is 4.79 Å². The Balaban J connectivity index is 1.91. The monoisotopic (exact) mass is 463 g/mol. The van der Waals surface area contributed by atoms with Crippen LogP contribution in [-0.2, 0) is 4.79 Å². The summed E-state index contributed by atoms with van der Waals surface area (Å²) >= 11 is 3.34. The third kappa shape index (κ3) is 4.50. The molecule has 2 aromatic carbocycles. The van der Waals surface area contributed by atoms with Gasteiger partial charge in [-0.15, -0.1) is 0 Å². The summed E-state index contributed by atoms with van der Waals surface area (Å²) < 4.78 is 2.83. The predicted octanol–water partition coefficient (Wildman–Crippen LogP) is 5.10. The van der Waals surface area contributed by atoms with Crippen LogP contribution in [0.1, 0.15) is 27.3 Å². The van der Waals surface area contributed by atoms with Gasteiger partial charge in [-0.2, -0.15) is 5.26 Å². The summed E-state index contributed by atoms with van der Waals surface area (Å²) in [6, 6.07) is 17.5. The average molecular weight is 464 g/mol. The quantitative estimate of drug-likeness (QED) is 0.406. The van der Waals surface area contributed by atoms with Crippen LogP contribution in [-0.4, -0.2) is 21.6 Å². The van der Waals surface area contributed by atoms with Crippen LogP contribution < -0.4 is 5.32 Å². The first-order valence-corrected chi connectivity index (χ1v) is 9.81. The molecule has 0 fully saturated rings. The van der Waals surface area contributed by atoms with Crippen LogP contribution in [0.15, 0.2) is 64.6 Å². The van der Waals surface area contributed by atoms with Crippen LogP contribution in [0, 0.1) is 25.2 Å². The summed E-state index contributed by atoms with van der Waals surface area (Å²) in [5.74, 6) is -1.47. The third-order valence-electron chi connectivity index (χ3n) is 4.61. The lowest BCUT2D eigenvalue weighted by atomic mass is 10.1. The number of amides is 1. The van der Waals surface area contributed by atoms with E-state index in [4.69, 9.17) is 5.11 Å². The van der Waals surface area contributed by atoms with E-state index < -0.39 is 11.9 Å². The van der Waals surface area contributed by atoms with Gasteiger partial charge in [0.2, 0.25) is 0 Å². The number of rotatable bonds is 5. The molecular formula is C23H18BrN3O3. The number of nitrogens with one attached hydrogen (secondary N) is 1. The molecule has 0 aliphatic heterocycles. The van der Waals surface area contributed by atoms with Gasteiger partial charge in [0.25, 0.3) is 5.91 Å². The molecule has 0 saturated carbocycles. The van der Waals surface area contributed by atoms with Crippen LogP contribution in [0.3, 0.4) is 0 Å². The van der Waals surface area contributed by atoms with Crippen molar-refractivity contribution in [2.24, 2.45) is 0 Å². The highest BCUT2D eigenvalue weighted by Gasteiger charge is 2.14. The van der Waals surface area contributed by atoms with Crippen molar-refractivity contribution >= 4 is 39.6 Å². The zero-order valence-corrected chi connectivity index (χ0v) is 17.9. The molecule has 7 heteroatoms. The van der Waals surface area contributed by atoms with E-state index in [2.05, 4.69) is 21.2 Å². The number of aromatic carboxylic acids is 1. The van der Waals surface area contributed by atoms with Gasteiger partial charge >= 0.3 is 5.97 Å². The number of benzene rings is 2. The first-order valence-electron chi connectivity index (χ1n) is 9.01. The van der Waals surface area contributed by atoms with Crippen molar-refractivity contribution < 1.29 is 14.7 Å². The first kappa shape index (κ1) is 21.1. The maximum Gasteiger partial charge on any atom is 0.335 e. The summed E-state index contributed by atoms with van der Waals surface area (Å²) in [7, 11) is 0. The maximum atomic E-state index is 12.5. The Bertz CT molecular complexity index is 1180. The highest BCUT2D eigenvalue weighted by molar-refractivity contribution is 9.10. The Morgan fingerprint density at radius 3 is 2.30 bits per heavy atom. The second-order valence-electron chi connectivity index (χ2n) is 6.64. The van der Waals surface area contributed by atoms with Gasteiger partial charge in [0.05, 0.1) is 5.56 Å². The van der Waals surface area contributed by atoms with Crippen molar-refractivity contribution in [3.8, 4) is 11.8 Å². The zero-order valence-electron chi connectivity index (χ0n) is 16.3. The van der Waals surface area contributed by atoms with Crippen LogP contribution in [0.5, 0.6) is 0 Å². The molecule has 1 amide bonds. The Labute approximate surface area is 182 Å². The van der Waals surface area contributed by atoms with Crippen molar-refractivity contribution in [1.29, 1.82) is 5.26 Å². The number of hydrogen-bond donors (Lipinski definition) is 2. The molecule has 1 heterocycles. The SMILES string of the molecule is Cc1cc(/C=C(\C#N)C(=O)Nc2ccc(Br)cc2)c(C)n1-c1ccc(C(=O)O)cc1. The standard InChI is InChI=1S/C23H18BrN3O3/c1-14-11-17(15(2)27(14)21-9-3-16(4-10-21)23(29)30)12-18(13-25)22(28)26-20-7-5-19(24)6-8-20/h3-12H,1-2H3,(H,26,28)(H,29,30)/b18-12+. The highest BCUT2D eigenvalue weighted by Crippen LogP contribution is 2.24. The molecule has 1 aromatic heterocycles. The van der Waals surface area contributed by atoms with E-state index in [-0.39, 0.29) is 11.1 Å². The molecule has 150 valence electrons. The van der Waals surface area contributed by atoms with Gasteiger partial charge in [-0.05, 0) is 80.1 Å². The summed E-state index contributed by atoms with van der Waals surface area (Å²) in [4.78, 5) is 23.6. The maximum absolute atomic E-state index is 12.5. The molecule has 0 aliphatic carbocycles.